The summed E-state index contributed by atoms with van der Waals surface area (Å²) in [7, 11) is 0. The van der Waals surface area contributed by atoms with E-state index in [-0.39, 0.29) is 11.4 Å². The van der Waals surface area contributed by atoms with E-state index in [0.29, 0.717) is 23.1 Å². The van der Waals surface area contributed by atoms with Gasteiger partial charge in [-0.05, 0) is 92.2 Å². The molecule has 3 rings (SSSR count). The van der Waals surface area contributed by atoms with E-state index in [1.807, 2.05) is 24.3 Å². The van der Waals surface area contributed by atoms with Crippen molar-refractivity contribution in [1.29, 1.82) is 5.26 Å². The zero-order chi connectivity index (χ0) is 25.1. The van der Waals surface area contributed by atoms with Gasteiger partial charge in [-0.1, -0.05) is 77.1 Å². The van der Waals surface area contributed by atoms with Gasteiger partial charge in [-0.15, -0.1) is 0 Å². The number of ether oxygens (including phenoxy) is 1. The highest BCUT2D eigenvalue weighted by atomic mass is 16.5. The number of esters is 1. The molecule has 0 amide bonds. The summed E-state index contributed by atoms with van der Waals surface area (Å²) in [6, 6.07) is 18.5. The maximum atomic E-state index is 12.7. The summed E-state index contributed by atoms with van der Waals surface area (Å²) >= 11 is 0. The highest BCUT2D eigenvalue weighted by Gasteiger charge is 2.36. The Balaban J connectivity index is 1.49. The lowest BCUT2D eigenvalue weighted by Crippen LogP contribution is -2.27. The maximum absolute atomic E-state index is 12.7. The largest absolute Gasteiger partial charge is 0.423 e. The summed E-state index contributed by atoms with van der Waals surface area (Å²) in [5.74, 6) is 1.34. The molecule has 0 spiro atoms. The molecule has 1 fully saturated rings. The van der Waals surface area contributed by atoms with Gasteiger partial charge in [-0.25, -0.2) is 4.79 Å². The standard InChI is InChI=1S/C32H43NO2/c1-4-6-7-8-9-10-26-11-17-30(18-12-26)35-31(34)29-15-13-27(14-16-29)28-19-21-32(24-33,22-20-28)23-25(3)5-2/h11-18,25,28H,4-10,19-23H2,1-3H3/t25-,28-,32-/m1/s1. The van der Waals surface area contributed by atoms with E-state index in [1.54, 1.807) is 0 Å². The van der Waals surface area contributed by atoms with Crippen molar-refractivity contribution in [2.24, 2.45) is 11.3 Å². The minimum atomic E-state index is -0.315. The first kappa shape index (κ1) is 27.0. The monoisotopic (exact) mass is 473 g/mol. The number of aryl methyl sites for hydroxylation is 1. The molecule has 2 aromatic carbocycles. The van der Waals surface area contributed by atoms with Crippen LogP contribution in [0.3, 0.4) is 0 Å². The van der Waals surface area contributed by atoms with Crippen LogP contribution < -0.4 is 4.74 Å². The topological polar surface area (TPSA) is 50.1 Å². The van der Waals surface area contributed by atoms with Crippen molar-refractivity contribution in [3.05, 3.63) is 65.2 Å². The molecule has 0 saturated heterocycles. The average molecular weight is 474 g/mol. The second kappa shape index (κ2) is 13.5. The van der Waals surface area contributed by atoms with Gasteiger partial charge in [-0.3, -0.25) is 0 Å². The fourth-order valence-electron chi connectivity index (χ4n) is 5.39. The molecule has 3 nitrogen and oxygen atoms in total. The average Bonchev–Trinajstić information content (AvgIpc) is 2.90. The molecule has 0 radical (unpaired) electrons. The molecule has 1 saturated carbocycles. The first-order valence-corrected chi connectivity index (χ1v) is 13.8. The van der Waals surface area contributed by atoms with Gasteiger partial charge in [0.05, 0.1) is 17.0 Å². The number of hydrogen-bond donors (Lipinski definition) is 0. The predicted molar refractivity (Wildman–Crippen MR) is 144 cm³/mol. The van der Waals surface area contributed by atoms with Crippen molar-refractivity contribution in [3.8, 4) is 11.8 Å². The van der Waals surface area contributed by atoms with Crippen LogP contribution in [0.15, 0.2) is 48.5 Å². The molecule has 1 atom stereocenters. The van der Waals surface area contributed by atoms with Crippen LogP contribution in [0.5, 0.6) is 5.75 Å². The van der Waals surface area contributed by atoms with E-state index in [2.05, 4.69) is 51.1 Å². The fraction of sp³-hybridized carbons (Fsp3) is 0.562. The number of nitriles is 1. The van der Waals surface area contributed by atoms with Crippen molar-refractivity contribution >= 4 is 5.97 Å². The predicted octanol–water partition coefficient (Wildman–Crippen LogP) is 9.02. The number of hydrogen-bond acceptors (Lipinski definition) is 3. The smallest absolute Gasteiger partial charge is 0.343 e. The van der Waals surface area contributed by atoms with E-state index >= 15 is 0 Å². The Morgan fingerprint density at radius 1 is 1.00 bits per heavy atom. The van der Waals surface area contributed by atoms with E-state index < -0.39 is 0 Å². The first-order chi connectivity index (χ1) is 17.0. The summed E-state index contributed by atoms with van der Waals surface area (Å²) in [6.45, 7) is 6.70. The van der Waals surface area contributed by atoms with Crippen LogP contribution in [-0.2, 0) is 6.42 Å². The minimum Gasteiger partial charge on any atom is -0.423 e. The molecule has 1 aliphatic carbocycles. The van der Waals surface area contributed by atoms with Gasteiger partial charge < -0.3 is 4.74 Å². The van der Waals surface area contributed by atoms with E-state index in [4.69, 9.17) is 4.74 Å². The normalized spacial score (nSPS) is 20.7. The minimum absolute atomic E-state index is 0.153. The van der Waals surface area contributed by atoms with Gasteiger partial charge in [0.15, 0.2) is 0 Å². The van der Waals surface area contributed by atoms with Crippen LogP contribution >= 0.6 is 0 Å². The lowest BCUT2D eigenvalue weighted by Gasteiger charge is -2.36. The quantitative estimate of drug-likeness (QED) is 0.175. The SMILES string of the molecule is CCCCCCCc1ccc(OC(=O)c2ccc([C@H]3CC[C@@](C#N)(C[C@H](C)CC)CC3)cc2)cc1. The van der Waals surface area contributed by atoms with Gasteiger partial charge in [-0.2, -0.15) is 5.26 Å². The van der Waals surface area contributed by atoms with Crippen LogP contribution in [0.4, 0.5) is 0 Å². The Hall–Kier alpha value is -2.60. The Labute approximate surface area is 212 Å². The van der Waals surface area contributed by atoms with Crippen LogP contribution in [-0.4, -0.2) is 5.97 Å². The fourth-order valence-corrected chi connectivity index (χ4v) is 5.39. The Kier molecular flexibility index (Phi) is 10.4. The van der Waals surface area contributed by atoms with Gasteiger partial charge in [0.2, 0.25) is 0 Å². The van der Waals surface area contributed by atoms with Crippen molar-refractivity contribution in [3.63, 3.8) is 0 Å². The summed E-state index contributed by atoms with van der Waals surface area (Å²) in [5.41, 5.74) is 2.98. The number of carbonyl (C=O) groups is 1. The molecular formula is C32H43NO2. The zero-order valence-corrected chi connectivity index (χ0v) is 22.0. The van der Waals surface area contributed by atoms with Crippen LogP contribution in [0.1, 0.15) is 119 Å². The Morgan fingerprint density at radius 3 is 2.26 bits per heavy atom. The molecule has 0 heterocycles. The maximum Gasteiger partial charge on any atom is 0.343 e. The van der Waals surface area contributed by atoms with Gasteiger partial charge >= 0.3 is 5.97 Å². The second-order valence-corrected chi connectivity index (χ2v) is 10.7. The first-order valence-electron chi connectivity index (χ1n) is 13.8. The third kappa shape index (κ3) is 7.96. The Morgan fingerprint density at radius 2 is 1.66 bits per heavy atom. The van der Waals surface area contributed by atoms with Crippen LogP contribution in [0.25, 0.3) is 0 Å². The molecule has 0 bridgehead atoms. The Bertz CT molecular complexity index is 947. The lowest BCUT2D eigenvalue weighted by molar-refractivity contribution is 0.0734. The molecule has 0 aromatic heterocycles. The third-order valence-electron chi connectivity index (χ3n) is 7.94. The van der Waals surface area contributed by atoms with Crippen molar-refractivity contribution in [2.75, 3.05) is 0 Å². The highest BCUT2D eigenvalue weighted by Crippen LogP contribution is 2.46. The summed E-state index contributed by atoms with van der Waals surface area (Å²) < 4.78 is 5.61. The molecule has 3 heteroatoms. The van der Waals surface area contributed by atoms with Crippen molar-refractivity contribution in [2.45, 2.75) is 104 Å². The third-order valence-corrected chi connectivity index (χ3v) is 7.94. The number of unbranched alkanes of at least 4 members (excludes halogenated alkanes) is 4. The van der Waals surface area contributed by atoms with E-state index in [9.17, 15) is 10.1 Å². The molecule has 2 aromatic rings. The number of rotatable bonds is 12. The van der Waals surface area contributed by atoms with Gasteiger partial charge in [0, 0.05) is 0 Å². The molecule has 0 N–H and O–H groups in total. The summed E-state index contributed by atoms with van der Waals surface area (Å²) in [5, 5.41) is 9.84. The van der Waals surface area contributed by atoms with Gasteiger partial charge in [0.25, 0.3) is 0 Å². The summed E-state index contributed by atoms with van der Waals surface area (Å²) in [4.78, 5) is 12.7. The van der Waals surface area contributed by atoms with Crippen molar-refractivity contribution in [1.82, 2.24) is 0 Å². The number of benzene rings is 2. The second-order valence-electron chi connectivity index (χ2n) is 10.7. The lowest BCUT2D eigenvalue weighted by atomic mass is 9.66. The molecule has 188 valence electrons. The van der Waals surface area contributed by atoms with Crippen molar-refractivity contribution < 1.29 is 9.53 Å². The number of carbonyl (C=O) groups excluding carboxylic acids is 1. The van der Waals surface area contributed by atoms with Crippen LogP contribution in [0.2, 0.25) is 0 Å². The van der Waals surface area contributed by atoms with Crippen LogP contribution in [0, 0.1) is 22.7 Å². The van der Waals surface area contributed by atoms with E-state index in [0.717, 1.165) is 44.9 Å². The van der Waals surface area contributed by atoms with Gasteiger partial charge in [0.1, 0.15) is 5.75 Å². The number of nitrogens with zero attached hydrogens (tertiary/aromatic N) is 1. The van der Waals surface area contributed by atoms with E-state index in [1.165, 1.54) is 43.2 Å². The summed E-state index contributed by atoms with van der Waals surface area (Å²) in [6.07, 6.45) is 13.6. The zero-order valence-electron chi connectivity index (χ0n) is 22.0. The molecular weight excluding hydrogens is 430 g/mol. The highest BCUT2D eigenvalue weighted by molar-refractivity contribution is 5.91. The molecule has 35 heavy (non-hydrogen) atoms. The molecule has 0 aliphatic heterocycles. The molecule has 1 aliphatic rings. The molecule has 0 unspecified atom stereocenters.